The van der Waals surface area contributed by atoms with Crippen molar-refractivity contribution >= 4 is 32.6 Å². The third-order valence-corrected chi connectivity index (χ3v) is 8.92. The Balaban J connectivity index is 1.36. The van der Waals surface area contributed by atoms with Crippen LogP contribution in [0, 0.1) is 0 Å². The molecular formula is C47H34N2. The molecule has 2 heteroatoms. The van der Waals surface area contributed by atoms with Gasteiger partial charge in [-0.25, -0.2) is 4.98 Å². The van der Waals surface area contributed by atoms with E-state index in [1.54, 1.807) is 72.8 Å². The van der Waals surface area contributed by atoms with Gasteiger partial charge in [0.25, 0.3) is 0 Å². The van der Waals surface area contributed by atoms with Gasteiger partial charge in [0.2, 0.25) is 0 Å². The van der Waals surface area contributed by atoms with Gasteiger partial charge in [0.05, 0.1) is 22.0 Å². The minimum Gasteiger partial charge on any atom is -0.296 e. The number of imidazole rings is 1. The van der Waals surface area contributed by atoms with Crippen LogP contribution in [0.3, 0.4) is 0 Å². The molecule has 0 bridgehead atoms. The number of hydrogen-bond acceptors (Lipinski definition) is 1. The lowest BCUT2D eigenvalue weighted by Gasteiger charge is -2.20. The van der Waals surface area contributed by atoms with Gasteiger partial charge in [0.15, 0.2) is 0 Å². The number of hydrogen-bond donors (Lipinski definition) is 0. The van der Waals surface area contributed by atoms with Crippen LogP contribution in [-0.4, -0.2) is 9.55 Å². The highest BCUT2D eigenvalue weighted by molar-refractivity contribution is 6.22. The lowest BCUT2D eigenvalue weighted by atomic mass is 9.83. The second-order valence-corrected chi connectivity index (χ2v) is 11.7. The first kappa shape index (κ1) is 18.3. The molecule has 0 aliphatic carbocycles. The van der Waals surface area contributed by atoms with Gasteiger partial charge in [-0.3, -0.25) is 4.57 Å². The van der Waals surface area contributed by atoms with E-state index in [9.17, 15) is 5.48 Å². The predicted octanol–water partition coefficient (Wildman–Crippen LogP) is 12.6. The van der Waals surface area contributed by atoms with E-state index in [-0.39, 0.29) is 62.7 Å². The zero-order valence-corrected chi connectivity index (χ0v) is 26.0. The van der Waals surface area contributed by atoms with Crippen LogP contribution >= 0.6 is 0 Å². The fourth-order valence-corrected chi connectivity index (χ4v) is 6.80. The summed E-state index contributed by atoms with van der Waals surface area (Å²) in [6.45, 7) is -3.03. The Hall–Kier alpha value is -6.25. The van der Waals surface area contributed by atoms with Crippen LogP contribution in [0.2, 0.25) is 0 Å². The van der Waals surface area contributed by atoms with Crippen LogP contribution in [0.4, 0.5) is 0 Å². The van der Waals surface area contributed by atoms with Crippen molar-refractivity contribution in [3.63, 3.8) is 0 Å². The zero-order valence-electron chi connectivity index (χ0n) is 39.0. The van der Waals surface area contributed by atoms with Crippen LogP contribution < -0.4 is 0 Å². The maximum Gasteiger partial charge on any atom is 0.114 e. The summed E-state index contributed by atoms with van der Waals surface area (Å²) in [5, 5.41) is 0.363. The first-order valence-electron chi connectivity index (χ1n) is 22.3. The molecule has 0 saturated carbocycles. The molecule has 2 nitrogen and oxygen atoms in total. The molecule has 9 aromatic rings. The van der Waals surface area contributed by atoms with Crippen molar-refractivity contribution in [2.75, 3.05) is 0 Å². The van der Waals surface area contributed by atoms with Gasteiger partial charge >= 0.3 is 0 Å². The maximum absolute atomic E-state index is 9.43. The molecule has 0 N–H and O–H groups in total. The molecule has 0 saturated heterocycles. The quantitative estimate of drug-likeness (QED) is 0.166. The van der Waals surface area contributed by atoms with E-state index in [4.69, 9.17) is 12.3 Å². The van der Waals surface area contributed by atoms with Crippen molar-refractivity contribution in [3.8, 4) is 50.2 Å². The zero-order chi connectivity index (χ0) is 44.0. The summed E-state index contributed by atoms with van der Waals surface area (Å²) in [4.78, 5) is 4.45. The standard InChI is InChI=1S/C47H34N2/c1-2-45-48-43-28-12-13-29-44(43)49(45)36-21-15-19-34(31-36)33-18-14-20-35(30-33)46-39-24-8-10-26-41(39)47(42-27-11-9-25-40(42)46)38-23-7-6-22-37(38)32-16-4-3-5-17-32/h3-31H,2H2,1H3/i1D3,2D2,8D,9D,10D,11D,24D,25D,26D,27D. The Labute approximate surface area is 304 Å². The summed E-state index contributed by atoms with van der Waals surface area (Å²) in [6.07, 6.45) is -2.82. The Morgan fingerprint density at radius 1 is 0.551 bits per heavy atom. The van der Waals surface area contributed by atoms with Crippen LogP contribution in [0.15, 0.2) is 176 Å². The smallest absolute Gasteiger partial charge is 0.114 e. The molecular weight excluding hydrogens is 593 g/mol. The largest absolute Gasteiger partial charge is 0.296 e. The highest BCUT2D eigenvalue weighted by Crippen LogP contribution is 2.46. The molecule has 0 aliphatic heterocycles. The highest BCUT2D eigenvalue weighted by Gasteiger charge is 2.19. The van der Waals surface area contributed by atoms with E-state index in [1.807, 2.05) is 54.6 Å². The number of rotatable bonds is 6. The monoisotopic (exact) mass is 639 g/mol. The van der Waals surface area contributed by atoms with Gasteiger partial charge in [-0.2, -0.15) is 0 Å². The van der Waals surface area contributed by atoms with E-state index in [0.29, 0.717) is 44.5 Å². The third kappa shape index (κ3) is 4.92. The SMILES string of the molecule is [2H]c1c([2H])c([2H])c2c(-c3ccccc3-c3ccccc3)c3c([2H])c([2H])c([2H])c([2H])c3c(-c3cccc(-c4cccc(-n5c(C([2H])([2H])C([2H])([2H])[2H])nc6ccccc65)c4)c3)c2c1[2H]. The fourth-order valence-electron chi connectivity index (χ4n) is 6.80. The second-order valence-electron chi connectivity index (χ2n) is 11.7. The highest BCUT2D eigenvalue weighted by atomic mass is 15.1. The summed E-state index contributed by atoms with van der Waals surface area (Å²) in [5.74, 6) is -0.292. The Kier molecular flexibility index (Phi) is 4.52. The van der Waals surface area contributed by atoms with Gasteiger partial charge in [0, 0.05) is 18.9 Å². The first-order chi connectivity index (χ1) is 29.5. The second kappa shape index (κ2) is 12.1. The molecule has 0 atom stereocenters. The summed E-state index contributed by atoms with van der Waals surface area (Å²) in [5.41, 5.74) is 5.45. The fraction of sp³-hybridized carbons (Fsp3) is 0.0426. The number of benzene rings is 8. The van der Waals surface area contributed by atoms with Crippen molar-refractivity contribution in [3.05, 3.63) is 182 Å². The average Bonchev–Trinajstić information content (AvgIpc) is 3.68. The molecule has 0 amide bonds. The molecule has 232 valence electrons. The molecule has 1 aromatic heterocycles. The minimum absolute atomic E-state index is 0.0821. The number of aromatic nitrogens is 2. The van der Waals surface area contributed by atoms with Gasteiger partial charge < -0.3 is 0 Å². The van der Waals surface area contributed by atoms with E-state index in [2.05, 4.69) is 4.98 Å². The predicted molar refractivity (Wildman–Crippen MR) is 207 cm³/mol. The van der Waals surface area contributed by atoms with E-state index in [1.165, 1.54) is 4.57 Å². The Morgan fingerprint density at radius 3 is 1.86 bits per heavy atom. The molecule has 0 aliphatic rings. The maximum atomic E-state index is 9.43. The van der Waals surface area contributed by atoms with Crippen LogP contribution in [-0.2, 0) is 6.37 Å². The van der Waals surface area contributed by atoms with E-state index < -0.39 is 37.4 Å². The summed E-state index contributed by atoms with van der Waals surface area (Å²) >= 11 is 0. The third-order valence-electron chi connectivity index (χ3n) is 8.92. The van der Waals surface area contributed by atoms with Crippen LogP contribution in [0.5, 0.6) is 0 Å². The molecule has 0 radical (unpaired) electrons. The average molecular weight is 640 g/mol. The van der Waals surface area contributed by atoms with Crippen molar-refractivity contribution in [2.45, 2.75) is 13.2 Å². The number of fused-ring (bicyclic) bond motifs is 3. The lowest BCUT2D eigenvalue weighted by molar-refractivity contribution is 0.908. The van der Waals surface area contributed by atoms with Crippen molar-refractivity contribution < 1.29 is 17.8 Å². The van der Waals surface area contributed by atoms with Crippen molar-refractivity contribution in [2.24, 2.45) is 0 Å². The van der Waals surface area contributed by atoms with Gasteiger partial charge in [-0.05, 0) is 96.4 Å². The molecule has 0 spiro atoms. The van der Waals surface area contributed by atoms with Crippen LogP contribution in [0.25, 0.3) is 82.8 Å². The number of para-hydroxylation sites is 2. The summed E-state index contributed by atoms with van der Waals surface area (Å²) < 4.78 is 116. The van der Waals surface area contributed by atoms with Gasteiger partial charge in [-0.1, -0.05) is 152 Å². The molecule has 0 unspecified atom stereocenters. The number of aryl methyl sites for hydroxylation is 1. The first-order valence-corrected chi connectivity index (χ1v) is 15.8. The van der Waals surface area contributed by atoms with Crippen molar-refractivity contribution in [1.29, 1.82) is 0 Å². The minimum atomic E-state index is -3.03. The topological polar surface area (TPSA) is 17.8 Å². The normalized spacial score (nSPS) is 15.8. The Bertz CT molecular complexity index is 3220. The molecule has 49 heavy (non-hydrogen) atoms. The number of nitrogens with zero attached hydrogens (tertiary/aromatic N) is 2. The summed E-state index contributed by atoms with van der Waals surface area (Å²) in [6, 6.07) is 34.3. The Morgan fingerprint density at radius 2 is 1.12 bits per heavy atom. The molecule has 8 aromatic carbocycles. The van der Waals surface area contributed by atoms with Gasteiger partial charge in [0.1, 0.15) is 5.82 Å². The molecule has 1 heterocycles. The van der Waals surface area contributed by atoms with Crippen molar-refractivity contribution in [1.82, 2.24) is 9.55 Å². The van der Waals surface area contributed by atoms with Crippen LogP contribution in [0.1, 0.15) is 30.5 Å². The molecule has 9 rings (SSSR count). The molecule has 0 fully saturated rings. The summed E-state index contributed by atoms with van der Waals surface area (Å²) in [7, 11) is 0. The van der Waals surface area contributed by atoms with Gasteiger partial charge in [-0.15, -0.1) is 0 Å². The lowest BCUT2D eigenvalue weighted by Crippen LogP contribution is -2.00. The van der Waals surface area contributed by atoms with E-state index >= 15 is 0 Å². The van der Waals surface area contributed by atoms with E-state index in [0.717, 1.165) is 5.56 Å².